The van der Waals surface area contributed by atoms with Crippen LogP contribution in [0.2, 0.25) is 0 Å². The van der Waals surface area contributed by atoms with Gasteiger partial charge in [0.05, 0.1) is 6.61 Å². The van der Waals surface area contributed by atoms with Crippen LogP contribution in [0.15, 0.2) is 0 Å². The van der Waals surface area contributed by atoms with Crippen molar-refractivity contribution in [2.75, 3.05) is 19.8 Å². The second kappa shape index (κ2) is 4.24. The Hall–Kier alpha value is -0.0800. The summed E-state index contributed by atoms with van der Waals surface area (Å²) in [4.78, 5) is 0. The Kier molecular flexibility index (Phi) is 3.53. The van der Waals surface area contributed by atoms with Gasteiger partial charge in [0.15, 0.2) is 0 Å². The van der Waals surface area contributed by atoms with E-state index >= 15 is 0 Å². The molecule has 1 rings (SSSR count). The van der Waals surface area contributed by atoms with Crippen molar-refractivity contribution >= 4 is 0 Å². The lowest BCUT2D eigenvalue weighted by Gasteiger charge is -2.27. The Balaban J connectivity index is 2.13. The molecule has 2 nitrogen and oxygen atoms in total. The van der Waals surface area contributed by atoms with Crippen molar-refractivity contribution in [3.8, 4) is 0 Å². The molecule has 0 aromatic heterocycles. The predicted octanol–water partition coefficient (Wildman–Crippen LogP) is 1.80. The lowest BCUT2D eigenvalue weighted by Crippen LogP contribution is -2.40. The molecule has 0 bridgehead atoms. The van der Waals surface area contributed by atoms with Gasteiger partial charge in [-0.3, -0.25) is 0 Å². The number of hydrogen-bond acceptors (Lipinski definition) is 2. The molecule has 0 spiro atoms. The third-order valence-corrected chi connectivity index (χ3v) is 2.08. The first-order valence-corrected chi connectivity index (χ1v) is 4.89. The molecule has 0 amide bonds. The van der Waals surface area contributed by atoms with Crippen LogP contribution < -0.4 is 5.32 Å². The first kappa shape index (κ1) is 10.0. The molecule has 1 heterocycles. The van der Waals surface area contributed by atoms with E-state index in [0.29, 0.717) is 11.5 Å². The number of nitrogens with one attached hydrogen (secondary N) is 1. The van der Waals surface area contributed by atoms with Gasteiger partial charge in [-0.1, -0.05) is 20.8 Å². The second-order valence-electron chi connectivity index (χ2n) is 4.86. The van der Waals surface area contributed by atoms with Crippen LogP contribution in [0.4, 0.5) is 0 Å². The summed E-state index contributed by atoms with van der Waals surface area (Å²) in [6, 6.07) is 0.595. The zero-order valence-electron chi connectivity index (χ0n) is 8.52. The van der Waals surface area contributed by atoms with Crippen LogP contribution in [0.3, 0.4) is 0 Å². The Morgan fingerprint density at radius 1 is 1.42 bits per heavy atom. The Morgan fingerprint density at radius 3 is 2.67 bits per heavy atom. The van der Waals surface area contributed by atoms with Gasteiger partial charge in [-0.05, 0) is 18.3 Å². The summed E-state index contributed by atoms with van der Waals surface area (Å²) >= 11 is 0. The van der Waals surface area contributed by atoms with E-state index in [-0.39, 0.29) is 0 Å². The normalized spacial score (nSPS) is 25.8. The van der Waals surface area contributed by atoms with Crippen LogP contribution in [-0.4, -0.2) is 25.8 Å². The van der Waals surface area contributed by atoms with Crippen molar-refractivity contribution < 1.29 is 4.74 Å². The number of rotatable bonds is 2. The van der Waals surface area contributed by atoms with Crippen LogP contribution in [0.25, 0.3) is 0 Å². The molecular formula is C10H21NO. The molecule has 0 aliphatic carbocycles. The summed E-state index contributed by atoms with van der Waals surface area (Å²) in [7, 11) is 0. The van der Waals surface area contributed by atoms with Gasteiger partial charge >= 0.3 is 0 Å². The summed E-state index contributed by atoms with van der Waals surface area (Å²) in [5.74, 6) is 0. The van der Waals surface area contributed by atoms with E-state index in [1.807, 2.05) is 0 Å². The molecule has 1 aliphatic heterocycles. The van der Waals surface area contributed by atoms with E-state index < -0.39 is 0 Å². The van der Waals surface area contributed by atoms with E-state index in [1.165, 1.54) is 12.8 Å². The smallest absolute Gasteiger partial charge is 0.0619 e. The molecule has 1 aliphatic rings. The van der Waals surface area contributed by atoms with E-state index in [4.69, 9.17) is 4.74 Å². The largest absolute Gasteiger partial charge is 0.380 e. The van der Waals surface area contributed by atoms with E-state index in [9.17, 15) is 0 Å². The molecule has 0 radical (unpaired) electrons. The summed E-state index contributed by atoms with van der Waals surface area (Å²) in [5.41, 5.74) is 0.386. The zero-order valence-corrected chi connectivity index (χ0v) is 8.52. The molecule has 12 heavy (non-hydrogen) atoms. The van der Waals surface area contributed by atoms with Gasteiger partial charge in [0, 0.05) is 19.2 Å². The third kappa shape index (κ3) is 4.07. The van der Waals surface area contributed by atoms with Crippen molar-refractivity contribution in [3.05, 3.63) is 0 Å². The van der Waals surface area contributed by atoms with Gasteiger partial charge < -0.3 is 10.1 Å². The van der Waals surface area contributed by atoms with Crippen LogP contribution in [-0.2, 0) is 4.74 Å². The fraction of sp³-hybridized carbons (Fsp3) is 1.00. The quantitative estimate of drug-likeness (QED) is 0.684. The van der Waals surface area contributed by atoms with Gasteiger partial charge in [-0.25, -0.2) is 0 Å². The van der Waals surface area contributed by atoms with E-state index in [1.54, 1.807) is 0 Å². The summed E-state index contributed by atoms with van der Waals surface area (Å²) in [5, 5.41) is 3.54. The van der Waals surface area contributed by atoms with Crippen molar-refractivity contribution in [1.29, 1.82) is 0 Å². The van der Waals surface area contributed by atoms with Gasteiger partial charge in [0.1, 0.15) is 0 Å². The topological polar surface area (TPSA) is 21.3 Å². The number of ether oxygens (including phenoxy) is 1. The van der Waals surface area contributed by atoms with Crippen LogP contribution in [0, 0.1) is 5.41 Å². The minimum atomic E-state index is 0.386. The zero-order chi connectivity index (χ0) is 9.03. The highest BCUT2D eigenvalue weighted by molar-refractivity contribution is 4.73. The monoisotopic (exact) mass is 171 g/mol. The minimum absolute atomic E-state index is 0.386. The average Bonchev–Trinajstić information content (AvgIpc) is 2.02. The first-order valence-electron chi connectivity index (χ1n) is 4.89. The SMILES string of the molecule is CC(C)(C)CNC1CCCOC1. The summed E-state index contributed by atoms with van der Waals surface area (Å²) in [6.45, 7) is 9.70. The highest BCUT2D eigenvalue weighted by Crippen LogP contribution is 2.13. The molecule has 0 aromatic rings. The maximum atomic E-state index is 5.38. The average molecular weight is 171 g/mol. The predicted molar refractivity (Wildman–Crippen MR) is 51.3 cm³/mol. The Labute approximate surface area is 75.7 Å². The Bertz CT molecular complexity index is 122. The number of hydrogen-bond donors (Lipinski definition) is 1. The first-order chi connectivity index (χ1) is 5.58. The Morgan fingerprint density at radius 2 is 2.17 bits per heavy atom. The van der Waals surface area contributed by atoms with Crippen LogP contribution >= 0.6 is 0 Å². The molecule has 1 unspecified atom stereocenters. The highest BCUT2D eigenvalue weighted by Gasteiger charge is 2.16. The van der Waals surface area contributed by atoms with Crippen molar-refractivity contribution in [2.24, 2.45) is 5.41 Å². The van der Waals surface area contributed by atoms with Gasteiger partial charge in [-0.2, -0.15) is 0 Å². The molecule has 72 valence electrons. The highest BCUT2D eigenvalue weighted by atomic mass is 16.5. The third-order valence-electron chi connectivity index (χ3n) is 2.08. The van der Waals surface area contributed by atoms with Crippen LogP contribution in [0.1, 0.15) is 33.6 Å². The van der Waals surface area contributed by atoms with E-state index in [2.05, 4.69) is 26.1 Å². The lowest BCUT2D eigenvalue weighted by atomic mass is 9.96. The van der Waals surface area contributed by atoms with Crippen molar-refractivity contribution in [1.82, 2.24) is 5.32 Å². The van der Waals surface area contributed by atoms with Gasteiger partial charge in [0.25, 0.3) is 0 Å². The van der Waals surface area contributed by atoms with Crippen molar-refractivity contribution in [2.45, 2.75) is 39.7 Å². The fourth-order valence-corrected chi connectivity index (χ4v) is 1.35. The molecule has 1 fully saturated rings. The van der Waals surface area contributed by atoms with Gasteiger partial charge in [-0.15, -0.1) is 0 Å². The second-order valence-corrected chi connectivity index (χ2v) is 4.86. The molecule has 0 saturated carbocycles. The molecule has 1 saturated heterocycles. The minimum Gasteiger partial charge on any atom is -0.380 e. The summed E-state index contributed by atoms with van der Waals surface area (Å²) < 4.78 is 5.38. The molecule has 1 N–H and O–H groups in total. The van der Waals surface area contributed by atoms with E-state index in [0.717, 1.165) is 19.8 Å². The maximum Gasteiger partial charge on any atom is 0.0619 e. The maximum absolute atomic E-state index is 5.38. The molecule has 1 atom stereocenters. The van der Waals surface area contributed by atoms with Crippen molar-refractivity contribution in [3.63, 3.8) is 0 Å². The lowest BCUT2D eigenvalue weighted by molar-refractivity contribution is 0.0675. The molecule has 0 aromatic carbocycles. The fourth-order valence-electron chi connectivity index (χ4n) is 1.35. The molecule has 2 heteroatoms. The van der Waals surface area contributed by atoms with Gasteiger partial charge in [0.2, 0.25) is 0 Å². The summed E-state index contributed by atoms with van der Waals surface area (Å²) in [6.07, 6.45) is 2.48. The standard InChI is InChI=1S/C10H21NO/c1-10(2,3)8-11-9-5-4-6-12-7-9/h9,11H,4-8H2,1-3H3. The van der Waals surface area contributed by atoms with Crippen LogP contribution in [0.5, 0.6) is 0 Å². The molecular weight excluding hydrogens is 150 g/mol.